The van der Waals surface area contributed by atoms with Crippen molar-refractivity contribution >= 4 is 5.91 Å². The molecule has 0 aromatic heterocycles. The molecule has 1 aromatic carbocycles. The van der Waals surface area contributed by atoms with Crippen molar-refractivity contribution in [3.63, 3.8) is 0 Å². The minimum absolute atomic E-state index is 0.0400. The number of benzene rings is 1. The molecule has 1 aromatic rings. The smallest absolute Gasteiger partial charge is 0.251 e. The van der Waals surface area contributed by atoms with E-state index in [-0.39, 0.29) is 17.6 Å². The molecule has 1 amide bonds. The Balaban J connectivity index is 1.59. The van der Waals surface area contributed by atoms with Gasteiger partial charge in [0.05, 0.1) is 5.60 Å². The fraction of sp³-hybridized carbons (Fsp3) is 0.650. The standard InChI is InChI=1S/C20H30N2O2/c1-20(2)14-18(9-12-24-20)21-19(23)17-8-6-7-16(13-17)15-22-10-4-3-5-11-22/h6-8,13,18H,3-5,9-12,14-15H2,1-2H3,(H,21,23). The minimum atomic E-state index is -0.147. The van der Waals surface area contributed by atoms with E-state index in [2.05, 4.69) is 36.2 Å². The maximum atomic E-state index is 12.6. The number of carbonyl (C=O) groups excluding carboxylic acids is 1. The molecule has 1 N–H and O–H groups in total. The largest absolute Gasteiger partial charge is 0.375 e. The Hall–Kier alpha value is -1.39. The topological polar surface area (TPSA) is 41.6 Å². The lowest BCUT2D eigenvalue weighted by Gasteiger charge is -2.35. The molecule has 3 rings (SSSR count). The summed E-state index contributed by atoms with van der Waals surface area (Å²) >= 11 is 0. The normalized spacial score (nSPS) is 24.5. The number of hydrogen-bond acceptors (Lipinski definition) is 3. The molecule has 24 heavy (non-hydrogen) atoms. The van der Waals surface area contributed by atoms with E-state index in [1.165, 1.54) is 37.9 Å². The molecule has 0 saturated carbocycles. The third kappa shape index (κ3) is 4.81. The van der Waals surface area contributed by atoms with Gasteiger partial charge in [0, 0.05) is 24.8 Å². The maximum absolute atomic E-state index is 12.6. The third-order valence-corrected chi connectivity index (χ3v) is 5.08. The van der Waals surface area contributed by atoms with Crippen LogP contribution in [-0.2, 0) is 11.3 Å². The van der Waals surface area contributed by atoms with E-state index in [1.807, 2.05) is 12.1 Å². The van der Waals surface area contributed by atoms with Crippen LogP contribution in [0.3, 0.4) is 0 Å². The Kier molecular flexibility index (Phi) is 5.57. The number of likely N-dealkylation sites (tertiary alicyclic amines) is 1. The highest BCUT2D eigenvalue weighted by Crippen LogP contribution is 2.24. The van der Waals surface area contributed by atoms with Gasteiger partial charge >= 0.3 is 0 Å². The molecule has 0 aliphatic carbocycles. The van der Waals surface area contributed by atoms with Gasteiger partial charge in [0.15, 0.2) is 0 Å². The average molecular weight is 330 g/mol. The summed E-state index contributed by atoms with van der Waals surface area (Å²) < 4.78 is 5.73. The Morgan fingerprint density at radius 3 is 2.83 bits per heavy atom. The lowest BCUT2D eigenvalue weighted by molar-refractivity contribution is -0.0615. The lowest BCUT2D eigenvalue weighted by Crippen LogP contribution is -2.45. The molecular weight excluding hydrogens is 300 g/mol. The van der Waals surface area contributed by atoms with Crippen molar-refractivity contribution in [3.05, 3.63) is 35.4 Å². The van der Waals surface area contributed by atoms with Crippen LogP contribution >= 0.6 is 0 Å². The number of piperidine rings is 1. The summed E-state index contributed by atoms with van der Waals surface area (Å²) in [7, 11) is 0. The van der Waals surface area contributed by atoms with Gasteiger partial charge in [-0.25, -0.2) is 0 Å². The number of nitrogens with zero attached hydrogens (tertiary/aromatic N) is 1. The van der Waals surface area contributed by atoms with Gasteiger partial charge in [-0.15, -0.1) is 0 Å². The van der Waals surface area contributed by atoms with E-state index in [9.17, 15) is 4.79 Å². The van der Waals surface area contributed by atoms with E-state index in [4.69, 9.17) is 4.74 Å². The molecule has 132 valence electrons. The van der Waals surface area contributed by atoms with Crippen LogP contribution in [0.15, 0.2) is 24.3 Å². The fourth-order valence-electron chi connectivity index (χ4n) is 3.81. The van der Waals surface area contributed by atoms with Gasteiger partial charge in [-0.2, -0.15) is 0 Å². The average Bonchev–Trinajstić information content (AvgIpc) is 2.55. The van der Waals surface area contributed by atoms with Crippen LogP contribution in [0.5, 0.6) is 0 Å². The van der Waals surface area contributed by atoms with Crippen molar-refractivity contribution in [2.45, 2.75) is 64.1 Å². The molecule has 2 fully saturated rings. The summed E-state index contributed by atoms with van der Waals surface area (Å²) in [6.07, 6.45) is 5.69. The van der Waals surface area contributed by atoms with E-state index in [1.54, 1.807) is 0 Å². The molecule has 2 heterocycles. The highest BCUT2D eigenvalue weighted by molar-refractivity contribution is 5.94. The predicted octanol–water partition coefficient (Wildman–Crippen LogP) is 3.36. The zero-order chi connectivity index (χ0) is 17.0. The van der Waals surface area contributed by atoms with Crippen LogP contribution in [0.4, 0.5) is 0 Å². The van der Waals surface area contributed by atoms with Crippen molar-refractivity contribution in [2.24, 2.45) is 0 Å². The summed E-state index contributed by atoms with van der Waals surface area (Å²) in [5.41, 5.74) is 1.86. The zero-order valence-corrected chi connectivity index (χ0v) is 15.0. The summed E-state index contributed by atoms with van der Waals surface area (Å²) in [5, 5.41) is 3.19. The van der Waals surface area contributed by atoms with Crippen molar-refractivity contribution in [1.82, 2.24) is 10.2 Å². The molecule has 0 bridgehead atoms. The maximum Gasteiger partial charge on any atom is 0.251 e. The number of ether oxygens (including phenoxy) is 1. The van der Waals surface area contributed by atoms with Gasteiger partial charge in [-0.05, 0) is 70.3 Å². The second-order valence-electron chi connectivity index (χ2n) is 7.81. The Morgan fingerprint density at radius 1 is 1.29 bits per heavy atom. The van der Waals surface area contributed by atoms with Crippen LogP contribution in [0.25, 0.3) is 0 Å². The number of amides is 1. The van der Waals surface area contributed by atoms with Crippen LogP contribution < -0.4 is 5.32 Å². The Bertz CT molecular complexity index is 565. The highest BCUT2D eigenvalue weighted by Gasteiger charge is 2.29. The first-order chi connectivity index (χ1) is 11.5. The van der Waals surface area contributed by atoms with Crippen molar-refractivity contribution in [3.8, 4) is 0 Å². The predicted molar refractivity (Wildman–Crippen MR) is 96.1 cm³/mol. The molecule has 1 atom stereocenters. The number of nitrogens with one attached hydrogen (secondary N) is 1. The summed E-state index contributed by atoms with van der Waals surface area (Å²) in [6, 6.07) is 8.30. The fourth-order valence-corrected chi connectivity index (χ4v) is 3.81. The Labute approximate surface area is 145 Å². The number of hydrogen-bond donors (Lipinski definition) is 1. The van der Waals surface area contributed by atoms with E-state index < -0.39 is 0 Å². The second kappa shape index (κ2) is 7.66. The zero-order valence-electron chi connectivity index (χ0n) is 15.0. The van der Waals surface area contributed by atoms with E-state index in [0.29, 0.717) is 6.61 Å². The first kappa shape index (κ1) is 17.4. The van der Waals surface area contributed by atoms with Crippen LogP contribution in [0, 0.1) is 0 Å². The van der Waals surface area contributed by atoms with E-state index in [0.717, 1.165) is 24.9 Å². The SMILES string of the molecule is CC1(C)CC(NC(=O)c2cccc(CN3CCCCC3)c2)CCO1. The van der Waals surface area contributed by atoms with Crippen molar-refractivity contribution < 1.29 is 9.53 Å². The highest BCUT2D eigenvalue weighted by atomic mass is 16.5. The van der Waals surface area contributed by atoms with Crippen molar-refractivity contribution in [1.29, 1.82) is 0 Å². The second-order valence-corrected chi connectivity index (χ2v) is 7.81. The van der Waals surface area contributed by atoms with E-state index >= 15 is 0 Å². The minimum Gasteiger partial charge on any atom is -0.375 e. The van der Waals surface area contributed by atoms with Crippen LogP contribution in [0.1, 0.15) is 61.9 Å². The molecule has 4 heteroatoms. The summed E-state index contributed by atoms with van der Waals surface area (Å²) in [6.45, 7) is 8.19. The number of carbonyl (C=O) groups is 1. The van der Waals surface area contributed by atoms with Gasteiger partial charge < -0.3 is 10.1 Å². The van der Waals surface area contributed by atoms with Gasteiger partial charge in [0.1, 0.15) is 0 Å². The Morgan fingerprint density at radius 2 is 2.08 bits per heavy atom. The van der Waals surface area contributed by atoms with Gasteiger partial charge in [0.25, 0.3) is 5.91 Å². The van der Waals surface area contributed by atoms with Crippen LogP contribution in [0.2, 0.25) is 0 Å². The molecule has 2 aliphatic heterocycles. The van der Waals surface area contributed by atoms with Gasteiger partial charge in [-0.3, -0.25) is 9.69 Å². The molecule has 2 aliphatic rings. The monoisotopic (exact) mass is 330 g/mol. The van der Waals surface area contributed by atoms with Crippen LogP contribution in [-0.4, -0.2) is 42.1 Å². The molecule has 4 nitrogen and oxygen atoms in total. The first-order valence-corrected chi connectivity index (χ1v) is 9.28. The summed E-state index contributed by atoms with van der Waals surface area (Å²) in [4.78, 5) is 15.1. The first-order valence-electron chi connectivity index (χ1n) is 9.28. The molecule has 2 saturated heterocycles. The quantitative estimate of drug-likeness (QED) is 0.920. The number of rotatable bonds is 4. The third-order valence-electron chi connectivity index (χ3n) is 5.08. The lowest BCUT2D eigenvalue weighted by atomic mass is 9.93. The molecule has 1 unspecified atom stereocenters. The molecule has 0 spiro atoms. The molecule has 0 radical (unpaired) electrons. The van der Waals surface area contributed by atoms with Crippen molar-refractivity contribution in [2.75, 3.05) is 19.7 Å². The van der Waals surface area contributed by atoms with Gasteiger partial charge in [0.2, 0.25) is 0 Å². The summed E-state index contributed by atoms with van der Waals surface area (Å²) in [5.74, 6) is 0.0400. The molecular formula is C20H30N2O2. The van der Waals surface area contributed by atoms with Gasteiger partial charge in [-0.1, -0.05) is 18.6 Å².